The predicted molar refractivity (Wildman–Crippen MR) is 159 cm³/mol. The molecule has 2 heterocycles. The van der Waals surface area contributed by atoms with E-state index in [-0.39, 0.29) is 59.1 Å². The fourth-order valence-electron chi connectivity index (χ4n) is 5.14. The molecule has 0 unspecified atom stereocenters. The Bertz CT molecular complexity index is 1350. The van der Waals surface area contributed by atoms with Crippen LogP contribution in [0.25, 0.3) is 9.69 Å². The van der Waals surface area contributed by atoms with E-state index >= 15 is 0 Å². The Labute approximate surface area is 241 Å². The van der Waals surface area contributed by atoms with Crippen molar-refractivity contribution in [3.63, 3.8) is 0 Å². The molecular weight excluding hydrogens is 532 g/mol. The number of anilines is 2. The number of rotatable bonds is 3. The maximum absolute atomic E-state index is 12.6. The van der Waals surface area contributed by atoms with E-state index in [9.17, 15) is 14.4 Å². The van der Waals surface area contributed by atoms with Gasteiger partial charge in [0.25, 0.3) is 11.1 Å². The lowest BCUT2D eigenvalue weighted by Gasteiger charge is -2.25. The van der Waals surface area contributed by atoms with Crippen molar-refractivity contribution in [2.75, 3.05) is 11.1 Å². The molecule has 216 valence electrons. The minimum atomic E-state index is -0.643. The van der Waals surface area contributed by atoms with Crippen molar-refractivity contribution in [3.8, 4) is 0 Å². The maximum atomic E-state index is 12.6. The van der Waals surface area contributed by atoms with Crippen molar-refractivity contribution in [1.29, 1.82) is 0 Å². The number of hydrogen-bond acceptors (Lipinski definition) is 5. The van der Waals surface area contributed by atoms with E-state index in [2.05, 4.69) is 15.0 Å². The quantitative estimate of drug-likeness (QED) is 0.449. The number of amides is 1. The van der Waals surface area contributed by atoms with Gasteiger partial charge < -0.3 is 29.3 Å². The van der Waals surface area contributed by atoms with Gasteiger partial charge in [-0.3, -0.25) is 14.9 Å². The monoisotopic (exact) mass is 570 g/mol. The predicted octanol–water partition coefficient (Wildman–Crippen LogP) is 5.85. The Morgan fingerprint density at radius 2 is 1.43 bits per heavy atom. The van der Waals surface area contributed by atoms with E-state index in [4.69, 9.17) is 23.6 Å². The van der Waals surface area contributed by atoms with Gasteiger partial charge in [-0.05, 0) is 70.7 Å². The van der Waals surface area contributed by atoms with Gasteiger partial charge in [0.2, 0.25) is 12.1 Å². The number of nitrogens with one attached hydrogen (secondary N) is 1. The Kier molecular flexibility index (Phi) is 11.8. The molecule has 2 saturated carbocycles. The van der Waals surface area contributed by atoms with E-state index in [1.165, 1.54) is 0 Å². The SMILES string of the molecule is Cl.[C-]#[N+][C@@H]1CCC[C@H](n2cccc(N)c2=O)C1.[C-]#[N+][C@@H]1CCC[C@H](n2cccc(NC(=O)OC(C)(C)C)c2=O)C1. The van der Waals surface area contributed by atoms with Crippen LogP contribution in [0.2, 0.25) is 0 Å². The summed E-state index contributed by atoms with van der Waals surface area (Å²) >= 11 is 0. The third-order valence-electron chi connectivity index (χ3n) is 7.00. The normalized spacial score (nSPS) is 22.2. The first-order valence-corrected chi connectivity index (χ1v) is 13.4. The number of aromatic nitrogens is 2. The maximum Gasteiger partial charge on any atom is 0.412 e. The summed E-state index contributed by atoms with van der Waals surface area (Å²) in [6, 6.07) is 6.90. The molecule has 2 aromatic heterocycles. The van der Waals surface area contributed by atoms with Crippen LogP contribution < -0.4 is 22.2 Å². The van der Waals surface area contributed by atoms with Crippen molar-refractivity contribution >= 4 is 29.9 Å². The summed E-state index contributed by atoms with van der Waals surface area (Å²) in [6.07, 6.45) is 9.95. The Hall–Kier alpha value is -3.76. The topological polar surface area (TPSA) is 117 Å². The molecule has 0 spiro atoms. The zero-order valence-corrected chi connectivity index (χ0v) is 24.2. The van der Waals surface area contributed by atoms with Crippen LogP contribution in [0.5, 0.6) is 0 Å². The molecular formula is C29H39ClN6O4. The lowest BCUT2D eigenvalue weighted by molar-refractivity contribution is 0.0635. The fourth-order valence-corrected chi connectivity index (χ4v) is 5.14. The molecule has 0 saturated heterocycles. The minimum Gasteiger partial charge on any atom is -0.444 e. The average Bonchev–Trinajstić information content (AvgIpc) is 2.91. The van der Waals surface area contributed by atoms with Gasteiger partial charge in [0.05, 0.1) is 5.69 Å². The summed E-state index contributed by atoms with van der Waals surface area (Å²) in [7, 11) is 0. The molecule has 2 aliphatic carbocycles. The first-order chi connectivity index (χ1) is 18.5. The number of nitrogens with two attached hydrogens (primary N) is 1. The zero-order chi connectivity index (χ0) is 28.6. The molecule has 0 aromatic carbocycles. The van der Waals surface area contributed by atoms with Gasteiger partial charge in [0.1, 0.15) is 11.3 Å². The standard InChI is InChI=1S/C17H23N3O3.C12H15N3O.ClH/c1-17(2,3)23-16(22)19-14-9-6-10-20(15(14)21)13-8-5-7-12(11-13)18-4;1-14-9-4-2-5-10(8-9)15-7-3-6-11(13)12(15)16;/h6,9-10,12-13H,5,7-8,11H2,1-3H3,(H,19,22);3,6-7,9-10H,2,4-5,8,13H2;1H/t12-,13+;9-,10+;/m11./s1. The number of carbonyl (C=O) groups is 1. The lowest BCUT2D eigenvalue weighted by atomic mass is 9.91. The molecule has 4 rings (SSSR count). The molecule has 11 heteroatoms. The summed E-state index contributed by atoms with van der Waals surface area (Å²) in [4.78, 5) is 43.4. The van der Waals surface area contributed by atoms with Crippen molar-refractivity contribution in [2.24, 2.45) is 0 Å². The van der Waals surface area contributed by atoms with Gasteiger partial charge in [-0.25, -0.2) is 17.9 Å². The fraction of sp³-hybridized carbons (Fsp3) is 0.552. The second-order valence-corrected chi connectivity index (χ2v) is 11.1. The second-order valence-electron chi connectivity index (χ2n) is 11.1. The van der Waals surface area contributed by atoms with Gasteiger partial charge >= 0.3 is 6.09 Å². The minimum absolute atomic E-state index is 0. The Morgan fingerprint density at radius 1 is 0.925 bits per heavy atom. The molecule has 4 atom stereocenters. The van der Waals surface area contributed by atoms with Gasteiger partial charge in [-0.1, -0.05) is 0 Å². The number of nitrogens with zero attached hydrogens (tertiary/aromatic N) is 4. The van der Waals surface area contributed by atoms with Crippen molar-refractivity contribution in [2.45, 2.75) is 102 Å². The van der Waals surface area contributed by atoms with E-state index in [1.54, 1.807) is 66.6 Å². The van der Waals surface area contributed by atoms with Crippen LogP contribution in [0.1, 0.15) is 84.2 Å². The molecule has 2 aliphatic rings. The highest BCUT2D eigenvalue weighted by Gasteiger charge is 2.28. The van der Waals surface area contributed by atoms with Crippen LogP contribution in [0.3, 0.4) is 0 Å². The summed E-state index contributed by atoms with van der Waals surface area (Å²) in [5.74, 6) is 0. The summed E-state index contributed by atoms with van der Waals surface area (Å²) in [5.41, 5.74) is 5.08. The van der Waals surface area contributed by atoms with Crippen LogP contribution >= 0.6 is 12.4 Å². The van der Waals surface area contributed by atoms with Gasteiger partial charge in [0.15, 0.2) is 0 Å². The molecule has 1 amide bonds. The van der Waals surface area contributed by atoms with Gasteiger partial charge in [0, 0.05) is 50.2 Å². The van der Waals surface area contributed by atoms with E-state index in [1.807, 2.05) is 0 Å². The highest BCUT2D eigenvalue weighted by molar-refractivity contribution is 5.85. The Balaban J connectivity index is 0.000000290. The third-order valence-corrected chi connectivity index (χ3v) is 7.00. The van der Waals surface area contributed by atoms with E-state index in [0.717, 1.165) is 44.9 Å². The van der Waals surface area contributed by atoms with Crippen LogP contribution in [0.15, 0.2) is 46.2 Å². The van der Waals surface area contributed by atoms with Crippen molar-refractivity contribution < 1.29 is 9.53 Å². The van der Waals surface area contributed by atoms with Crippen molar-refractivity contribution in [3.05, 3.63) is 80.2 Å². The highest BCUT2D eigenvalue weighted by atomic mass is 35.5. The van der Waals surface area contributed by atoms with E-state index < -0.39 is 11.7 Å². The molecule has 0 bridgehead atoms. The molecule has 10 nitrogen and oxygen atoms in total. The van der Waals surface area contributed by atoms with E-state index in [0.29, 0.717) is 6.42 Å². The van der Waals surface area contributed by atoms with Crippen LogP contribution in [0.4, 0.5) is 16.2 Å². The second kappa shape index (κ2) is 14.6. The number of nitrogen functional groups attached to an aromatic ring is 1. The van der Waals surface area contributed by atoms with Gasteiger partial charge in [-0.15, -0.1) is 12.4 Å². The van der Waals surface area contributed by atoms with Crippen LogP contribution in [-0.2, 0) is 4.74 Å². The van der Waals surface area contributed by atoms with Crippen LogP contribution in [0, 0.1) is 13.1 Å². The summed E-state index contributed by atoms with van der Waals surface area (Å²) in [6.45, 7) is 19.5. The highest BCUT2D eigenvalue weighted by Crippen LogP contribution is 2.30. The number of carbonyl (C=O) groups excluding carboxylic acids is 1. The molecule has 2 fully saturated rings. The molecule has 0 aliphatic heterocycles. The molecule has 40 heavy (non-hydrogen) atoms. The number of ether oxygens (including phenoxy) is 1. The first-order valence-electron chi connectivity index (χ1n) is 13.4. The van der Waals surface area contributed by atoms with Crippen LogP contribution in [-0.4, -0.2) is 32.9 Å². The lowest BCUT2D eigenvalue weighted by Crippen LogP contribution is -2.33. The average molecular weight is 571 g/mol. The number of pyridine rings is 2. The molecule has 3 N–H and O–H groups in total. The third kappa shape index (κ3) is 8.89. The molecule has 2 aromatic rings. The summed E-state index contributed by atoms with van der Waals surface area (Å²) in [5, 5.41) is 2.52. The zero-order valence-electron chi connectivity index (χ0n) is 23.3. The number of hydrogen-bond donors (Lipinski definition) is 2. The van der Waals surface area contributed by atoms with Gasteiger partial charge in [-0.2, -0.15) is 0 Å². The first kappa shape index (κ1) is 32.5. The van der Waals surface area contributed by atoms with Crippen molar-refractivity contribution in [1.82, 2.24) is 9.13 Å². The Morgan fingerprint density at radius 3 is 1.93 bits per heavy atom. The largest absolute Gasteiger partial charge is 0.444 e. The number of halogens is 1. The smallest absolute Gasteiger partial charge is 0.412 e. The molecule has 0 radical (unpaired) electrons. The summed E-state index contributed by atoms with van der Waals surface area (Å²) < 4.78 is 8.49.